The van der Waals surface area contributed by atoms with Gasteiger partial charge in [0.05, 0.1) is 11.4 Å². The lowest BCUT2D eigenvalue weighted by molar-refractivity contribution is -0.383. The van der Waals surface area contributed by atoms with Gasteiger partial charge in [-0.25, -0.2) is 4.79 Å². The van der Waals surface area contributed by atoms with Gasteiger partial charge in [0.25, 0.3) is 0 Å². The van der Waals surface area contributed by atoms with Crippen LogP contribution in [0.15, 0.2) is 42.0 Å². The van der Waals surface area contributed by atoms with Crippen LogP contribution < -0.4 is 0 Å². The molecule has 7 heteroatoms. The van der Waals surface area contributed by atoms with E-state index in [9.17, 15) is 4.79 Å². The van der Waals surface area contributed by atoms with Crippen LogP contribution in [0.4, 0.5) is 4.79 Å². The minimum Gasteiger partial charge on any atom is -0.444 e. The fraction of sp³-hybridized carbons (Fsp3) is 0.478. The molecule has 1 aromatic carbocycles. The van der Waals surface area contributed by atoms with Crippen LogP contribution in [0.2, 0.25) is 0 Å². The number of nitrogens with zero attached hydrogens (tertiary/aromatic N) is 2. The van der Waals surface area contributed by atoms with Crippen molar-refractivity contribution in [3.05, 3.63) is 58.9 Å². The fourth-order valence-corrected chi connectivity index (χ4v) is 3.76. The Bertz CT molecular complexity index is 913. The first-order valence-corrected chi connectivity index (χ1v) is 10.4. The molecule has 3 heterocycles. The zero-order valence-corrected chi connectivity index (χ0v) is 18.0. The van der Waals surface area contributed by atoms with Gasteiger partial charge in [0.2, 0.25) is 6.29 Å². The summed E-state index contributed by atoms with van der Waals surface area (Å²) in [6.45, 7) is 8.79. The summed E-state index contributed by atoms with van der Waals surface area (Å²) < 4.78 is 16.7. The van der Waals surface area contributed by atoms with Crippen LogP contribution >= 0.6 is 0 Å². The third-order valence-corrected chi connectivity index (χ3v) is 5.17. The van der Waals surface area contributed by atoms with Crippen molar-refractivity contribution in [2.75, 3.05) is 13.1 Å². The van der Waals surface area contributed by atoms with Gasteiger partial charge in [-0.3, -0.25) is 5.10 Å². The standard InChI is InChI=1S/C23H29N3O4/c1-15-28-21(29-15)19-14-18(24-25-19)20(16-8-6-5-7-9-16)17-10-12-26(13-11-17)22(27)30-23(2,3)4/h5-9,14-15,21H,10-13H2,1-4H3,(H,24,25). The Labute approximate surface area is 177 Å². The number of ether oxygens (including phenoxy) is 3. The molecule has 1 N–H and O–H groups in total. The van der Waals surface area contributed by atoms with E-state index in [1.54, 1.807) is 4.90 Å². The van der Waals surface area contributed by atoms with Crippen molar-refractivity contribution >= 4 is 11.7 Å². The molecule has 2 fully saturated rings. The average molecular weight is 412 g/mol. The quantitative estimate of drug-likeness (QED) is 0.797. The Morgan fingerprint density at radius 3 is 2.43 bits per heavy atom. The Balaban J connectivity index is 1.57. The molecule has 0 unspecified atom stereocenters. The van der Waals surface area contributed by atoms with Crippen LogP contribution in [-0.4, -0.2) is 46.2 Å². The highest BCUT2D eigenvalue weighted by molar-refractivity contribution is 5.81. The number of nitrogens with one attached hydrogen (secondary N) is 1. The van der Waals surface area contributed by atoms with Crippen LogP contribution in [0.25, 0.3) is 5.57 Å². The van der Waals surface area contributed by atoms with Gasteiger partial charge in [-0.2, -0.15) is 5.10 Å². The zero-order chi connectivity index (χ0) is 21.3. The number of piperidine rings is 1. The number of benzene rings is 1. The van der Waals surface area contributed by atoms with Crippen molar-refractivity contribution in [3.8, 4) is 0 Å². The molecule has 1 amide bonds. The number of H-pyrrole nitrogens is 1. The number of carbonyl (C=O) groups excluding carboxylic acids is 1. The second-order valence-corrected chi connectivity index (χ2v) is 8.69. The maximum absolute atomic E-state index is 12.4. The lowest BCUT2D eigenvalue weighted by atomic mass is 9.91. The lowest BCUT2D eigenvalue weighted by Crippen LogP contribution is -2.40. The van der Waals surface area contributed by atoms with E-state index in [2.05, 4.69) is 22.3 Å². The van der Waals surface area contributed by atoms with E-state index >= 15 is 0 Å². The normalized spacial score (nSPS) is 21.9. The predicted octanol–water partition coefficient (Wildman–Crippen LogP) is 4.63. The number of aromatic nitrogens is 2. The molecule has 0 spiro atoms. The minimum absolute atomic E-state index is 0.189. The predicted molar refractivity (Wildman–Crippen MR) is 112 cm³/mol. The van der Waals surface area contributed by atoms with Gasteiger partial charge in [0.15, 0.2) is 6.29 Å². The third kappa shape index (κ3) is 4.57. The number of carbonyl (C=O) groups is 1. The van der Waals surface area contributed by atoms with E-state index in [1.807, 2.05) is 52.0 Å². The Hall–Kier alpha value is -2.64. The monoisotopic (exact) mass is 411 g/mol. The van der Waals surface area contributed by atoms with Crippen molar-refractivity contribution < 1.29 is 19.0 Å². The van der Waals surface area contributed by atoms with Gasteiger partial charge in [-0.15, -0.1) is 0 Å². The van der Waals surface area contributed by atoms with Gasteiger partial charge in [0, 0.05) is 18.7 Å². The molecule has 1 aromatic heterocycles. The number of aromatic amines is 1. The van der Waals surface area contributed by atoms with Crippen molar-refractivity contribution in [1.82, 2.24) is 15.1 Å². The molecule has 2 aliphatic rings. The Kier molecular flexibility index (Phi) is 5.66. The number of hydrogen-bond acceptors (Lipinski definition) is 5. The highest BCUT2D eigenvalue weighted by Crippen LogP contribution is 2.35. The van der Waals surface area contributed by atoms with Gasteiger partial charge in [-0.05, 0) is 52.2 Å². The Morgan fingerprint density at radius 1 is 1.17 bits per heavy atom. The minimum atomic E-state index is -0.489. The van der Waals surface area contributed by atoms with Crippen LogP contribution in [0.1, 0.15) is 63.8 Å². The SMILES string of the molecule is CC1OC(c2cc(C(=C3CCN(C(=O)OC(C)(C)C)CC3)c3ccccc3)n[nH]2)O1. The van der Waals surface area contributed by atoms with Crippen LogP contribution in [0.3, 0.4) is 0 Å². The molecule has 7 nitrogen and oxygen atoms in total. The van der Waals surface area contributed by atoms with E-state index in [4.69, 9.17) is 14.2 Å². The smallest absolute Gasteiger partial charge is 0.410 e. The van der Waals surface area contributed by atoms with E-state index in [0.717, 1.165) is 35.4 Å². The molecule has 30 heavy (non-hydrogen) atoms. The van der Waals surface area contributed by atoms with Crippen LogP contribution in [-0.2, 0) is 14.2 Å². The summed E-state index contributed by atoms with van der Waals surface area (Å²) >= 11 is 0. The van der Waals surface area contributed by atoms with E-state index in [-0.39, 0.29) is 12.4 Å². The first-order valence-electron chi connectivity index (χ1n) is 10.4. The van der Waals surface area contributed by atoms with Gasteiger partial charge >= 0.3 is 6.09 Å². The summed E-state index contributed by atoms with van der Waals surface area (Å²) in [5.41, 5.74) is 4.68. The molecule has 0 atom stereocenters. The van der Waals surface area contributed by atoms with E-state index < -0.39 is 11.9 Å². The van der Waals surface area contributed by atoms with Crippen molar-refractivity contribution in [1.29, 1.82) is 0 Å². The second-order valence-electron chi connectivity index (χ2n) is 8.69. The van der Waals surface area contributed by atoms with Gasteiger partial charge in [0.1, 0.15) is 5.60 Å². The summed E-state index contributed by atoms with van der Waals surface area (Å²) in [5.74, 6) is 0. The summed E-state index contributed by atoms with van der Waals surface area (Å²) in [6, 6.07) is 12.2. The van der Waals surface area contributed by atoms with Crippen molar-refractivity contribution in [2.24, 2.45) is 0 Å². The molecule has 2 aliphatic heterocycles. The number of hydrogen-bond donors (Lipinski definition) is 1. The topological polar surface area (TPSA) is 76.7 Å². The average Bonchev–Trinajstić information content (AvgIpc) is 3.15. The molecule has 2 aromatic rings. The van der Waals surface area contributed by atoms with E-state index in [0.29, 0.717) is 13.1 Å². The summed E-state index contributed by atoms with van der Waals surface area (Å²) in [6.07, 6.45) is 0.722. The molecule has 0 aliphatic carbocycles. The molecule has 0 radical (unpaired) electrons. The fourth-order valence-electron chi connectivity index (χ4n) is 3.76. The molecule has 0 bridgehead atoms. The molecular weight excluding hydrogens is 382 g/mol. The maximum Gasteiger partial charge on any atom is 0.410 e. The van der Waals surface area contributed by atoms with Gasteiger partial charge < -0.3 is 19.1 Å². The highest BCUT2D eigenvalue weighted by atomic mass is 16.9. The number of amides is 1. The Morgan fingerprint density at radius 2 is 1.83 bits per heavy atom. The number of likely N-dealkylation sites (tertiary alicyclic amines) is 1. The first-order chi connectivity index (χ1) is 14.3. The van der Waals surface area contributed by atoms with Crippen LogP contribution in [0.5, 0.6) is 0 Å². The summed E-state index contributed by atoms with van der Waals surface area (Å²) in [7, 11) is 0. The largest absolute Gasteiger partial charge is 0.444 e. The number of rotatable bonds is 3. The molecule has 2 saturated heterocycles. The maximum atomic E-state index is 12.4. The van der Waals surface area contributed by atoms with Crippen LogP contribution in [0, 0.1) is 0 Å². The molecule has 0 saturated carbocycles. The lowest BCUT2D eigenvalue weighted by Gasteiger charge is -2.32. The third-order valence-electron chi connectivity index (χ3n) is 5.17. The second kappa shape index (κ2) is 8.24. The van der Waals surface area contributed by atoms with Gasteiger partial charge in [-0.1, -0.05) is 35.9 Å². The zero-order valence-electron chi connectivity index (χ0n) is 18.0. The van der Waals surface area contributed by atoms with Crippen molar-refractivity contribution in [3.63, 3.8) is 0 Å². The van der Waals surface area contributed by atoms with Crippen molar-refractivity contribution in [2.45, 2.75) is 58.7 Å². The highest BCUT2D eigenvalue weighted by Gasteiger charge is 2.31. The molecule has 4 rings (SSSR count). The molecular formula is C23H29N3O4. The molecule has 160 valence electrons. The summed E-state index contributed by atoms with van der Waals surface area (Å²) in [5, 5.41) is 7.60. The summed E-state index contributed by atoms with van der Waals surface area (Å²) in [4.78, 5) is 14.2. The first kappa shape index (κ1) is 20.6. The van der Waals surface area contributed by atoms with E-state index in [1.165, 1.54) is 5.57 Å².